The minimum Gasteiger partial charge on any atom is -0.367 e. The van der Waals surface area contributed by atoms with Crippen LogP contribution in [-0.4, -0.2) is 42.9 Å². The van der Waals surface area contributed by atoms with Crippen LogP contribution in [0.25, 0.3) is 0 Å². The predicted octanol–water partition coefficient (Wildman–Crippen LogP) is 5.20. The predicted molar refractivity (Wildman–Crippen MR) is 119 cm³/mol. The van der Waals surface area contributed by atoms with E-state index < -0.39 is 0 Å². The average Bonchev–Trinajstić information content (AvgIpc) is 2.67. The summed E-state index contributed by atoms with van der Waals surface area (Å²) in [5.41, 5.74) is 1.79. The first-order valence-corrected chi connectivity index (χ1v) is 10.5. The van der Waals surface area contributed by atoms with Crippen LogP contribution < -0.4 is 10.2 Å². The number of nitrogens with one attached hydrogen (secondary N) is 1. The van der Waals surface area contributed by atoms with Crippen LogP contribution in [0.5, 0.6) is 0 Å². The van der Waals surface area contributed by atoms with Crippen LogP contribution in [0.1, 0.15) is 24.2 Å². The highest BCUT2D eigenvalue weighted by Crippen LogP contribution is 2.30. The van der Waals surface area contributed by atoms with Gasteiger partial charge in [0.15, 0.2) is 0 Å². The molecule has 1 aliphatic rings. The summed E-state index contributed by atoms with van der Waals surface area (Å²) in [6, 6.07) is 10.1. The van der Waals surface area contributed by atoms with Crippen LogP contribution in [-0.2, 0) is 4.79 Å². The molecule has 2 amide bonds. The molecule has 1 N–H and O–H groups in total. The monoisotopic (exact) mass is 453 g/mol. The Morgan fingerprint density at radius 1 is 0.931 bits per heavy atom. The molecule has 1 saturated heterocycles. The van der Waals surface area contributed by atoms with Crippen molar-refractivity contribution < 1.29 is 9.59 Å². The number of carbonyl (C=O) groups is 2. The first-order chi connectivity index (χ1) is 13.8. The van der Waals surface area contributed by atoms with Gasteiger partial charge in [-0.2, -0.15) is 0 Å². The summed E-state index contributed by atoms with van der Waals surface area (Å²) in [7, 11) is 0. The van der Waals surface area contributed by atoms with E-state index in [9.17, 15) is 9.59 Å². The second kappa shape index (κ2) is 9.24. The highest BCUT2D eigenvalue weighted by Gasteiger charge is 2.24. The molecule has 0 bridgehead atoms. The third-order valence-electron chi connectivity index (χ3n) is 4.81. The van der Waals surface area contributed by atoms with Crippen LogP contribution in [0.2, 0.25) is 15.1 Å². The quantitative estimate of drug-likeness (QED) is 0.690. The summed E-state index contributed by atoms with van der Waals surface area (Å²) >= 11 is 18.4. The van der Waals surface area contributed by atoms with Gasteiger partial charge in [0.2, 0.25) is 5.91 Å². The number of halogens is 3. The van der Waals surface area contributed by atoms with Gasteiger partial charge in [0.25, 0.3) is 5.91 Å². The zero-order valence-corrected chi connectivity index (χ0v) is 18.5. The Bertz CT molecular complexity index is 925. The molecule has 1 fully saturated rings. The number of carbonyl (C=O) groups excluding carboxylic acids is 2. The second-order valence-corrected chi connectivity index (χ2v) is 8.46. The molecule has 0 aliphatic carbocycles. The molecular weight excluding hydrogens is 433 g/mol. The van der Waals surface area contributed by atoms with E-state index in [1.54, 1.807) is 24.3 Å². The van der Waals surface area contributed by atoms with Gasteiger partial charge in [-0.15, -0.1) is 0 Å². The Labute approximate surface area is 185 Å². The molecule has 0 radical (unpaired) electrons. The van der Waals surface area contributed by atoms with Crippen molar-refractivity contribution in [1.29, 1.82) is 0 Å². The number of piperazine rings is 1. The van der Waals surface area contributed by atoms with Crippen LogP contribution >= 0.6 is 34.8 Å². The Morgan fingerprint density at radius 2 is 1.62 bits per heavy atom. The maximum absolute atomic E-state index is 12.5. The minimum absolute atomic E-state index is 0.00202. The summed E-state index contributed by atoms with van der Waals surface area (Å²) in [5, 5.41) is 4.09. The van der Waals surface area contributed by atoms with Crippen LogP contribution in [0.15, 0.2) is 36.4 Å². The molecule has 29 heavy (non-hydrogen) atoms. The lowest BCUT2D eigenvalue weighted by atomic mass is 10.1. The van der Waals surface area contributed by atoms with Crippen molar-refractivity contribution in [1.82, 2.24) is 4.90 Å². The van der Waals surface area contributed by atoms with Gasteiger partial charge in [-0.05, 0) is 36.4 Å². The molecule has 0 spiro atoms. The van der Waals surface area contributed by atoms with E-state index in [1.807, 2.05) is 24.8 Å². The molecule has 0 atom stereocenters. The Morgan fingerprint density at radius 3 is 2.21 bits per heavy atom. The lowest BCUT2D eigenvalue weighted by molar-refractivity contribution is -0.134. The van der Waals surface area contributed by atoms with E-state index >= 15 is 0 Å². The van der Waals surface area contributed by atoms with E-state index in [-0.39, 0.29) is 22.8 Å². The van der Waals surface area contributed by atoms with Gasteiger partial charge in [-0.3, -0.25) is 9.59 Å². The van der Waals surface area contributed by atoms with E-state index in [0.717, 1.165) is 5.69 Å². The Kier molecular flexibility index (Phi) is 6.93. The van der Waals surface area contributed by atoms with Crippen molar-refractivity contribution in [3.05, 3.63) is 57.0 Å². The first kappa shape index (κ1) is 21.8. The molecule has 0 aromatic heterocycles. The van der Waals surface area contributed by atoms with Gasteiger partial charge in [0, 0.05) is 42.8 Å². The summed E-state index contributed by atoms with van der Waals surface area (Å²) < 4.78 is 0. The molecular formula is C21H22Cl3N3O2. The largest absolute Gasteiger partial charge is 0.367 e. The molecule has 0 unspecified atom stereocenters. The van der Waals surface area contributed by atoms with Gasteiger partial charge < -0.3 is 15.1 Å². The molecule has 1 aliphatic heterocycles. The van der Waals surface area contributed by atoms with Gasteiger partial charge in [0.1, 0.15) is 0 Å². The zero-order chi connectivity index (χ0) is 21.1. The summed E-state index contributed by atoms with van der Waals surface area (Å²) in [6.45, 7) is 6.59. The second-order valence-electron chi connectivity index (χ2n) is 7.21. The third-order valence-corrected chi connectivity index (χ3v) is 5.66. The van der Waals surface area contributed by atoms with Crippen molar-refractivity contribution in [2.24, 2.45) is 5.92 Å². The topological polar surface area (TPSA) is 52.7 Å². The van der Waals surface area contributed by atoms with Gasteiger partial charge in [-0.1, -0.05) is 48.7 Å². The highest BCUT2D eigenvalue weighted by molar-refractivity contribution is 6.37. The third kappa shape index (κ3) is 5.16. The minimum atomic E-state index is -0.337. The zero-order valence-electron chi connectivity index (χ0n) is 16.2. The van der Waals surface area contributed by atoms with E-state index in [0.29, 0.717) is 47.5 Å². The van der Waals surface area contributed by atoms with Gasteiger partial charge in [0.05, 0.1) is 21.3 Å². The van der Waals surface area contributed by atoms with E-state index in [2.05, 4.69) is 10.2 Å². The first-order valence-electron chi connectivity index (χ1n) is 9.36. The lowest BCUT2D eigenvalue weighted by Crippen LogP contribution is -2.50. The SMILES string of the molecule is CC(C)C(=O)N1CCN(c2ccc(NC(=O)c3ccc(Cl)cc3Cl)cc2Cl)CC1. The molecule has 5 nitrogen and oxygen atoms in total. The molecule has 0 saturated carbocycles. The van der Waals surface area contributed by atoms with Crippen LogP contribution in [0.4, 0.5) is 11.4 Å². The van der Waals surface area contributed by atoms with Crippen LogP contribution in [0, 0.1) is 5.92 Å². The fourth-order valence-electron chi connectivity index (χ4n) is 3.25. The molecule has 3 rings (SSSR count). The van der Waals surface area contributed by atoms with Crippen molar-refractivity contribution in [3.8, 4) is 0 Å². The lowest BCUT2D eigenvalue weighted by Gasteiger charge is -2.37. The fraction of sp³-hybridized carbons (Fsp3) is 0.333. The number of hydrogen-bond acceptors (Lipinski definition) is 3. The molecule has 154 valence electrons. The van der Waals surface area contributed by atoms with Gasteiger partial charge >= 0.3 is 0 Å². The maximum Gasteiger partial charge on any atom is 0.257 e. The number of amides is 2. The summed E-state index contributed by atoms with van der Waals surface area (Å²) in [6.07, 6.45) is 0. The molecule has 1 heterocycles. The van der Waals surface area contributed by atoms with E-state index in [1.165, 1.54) is 6.07 Å². The molecule has 8 heteroatoms. The average molecular weight is 455 g/mol. The van der Waals surface area contributed by atoms with Crippen LogP contribution in [0.3, 0.4) is 0 Å². The number of hydrogen-bond donors (Lipinski definition) is 1. The van der Waals surface area contributed by atoms with E-state index in [4.69, 9.17) is 34.8 Å². The smallest absolute Gasteiger partial charge is 0.257 e. The molecule has 2 aromatic rings. The Balaban J connectivity index is 1.66. The van der Waals surface area contributed by atoms with Crippen molar-refractivity contribution in [3.63, 3.8) is 0 Å². The Hall–Kier alpha value is -1.95. The van der Waals surface area contributed by atoms with Gasteiger partial charge in [-0.25, -0.2) is 0 Å². The van der Waals surface area contributed by atoms with Crippen molar-refractivity contribution >= 4 is 58.0 Å². The number of anilines is 2. The summed E-state index contributed by atoms with van der Waals surface area (Å²) in [5.74, 6) is -0.159. The maximum atomic E-state index is 12.5. The number of rotatable bonds is 4. The number of benzene rings is 2. The highest BCUT2D eigenvalue weighted by atomic mass is 35.5. The normalized spacial score (nSPS) is 14.3. The fourth-order valence-corrected chi connectivity index (χ4v) is 4.04. The van der Waals surface area contributed by atoms with Crippen molar-refractivity contribution in [2.45, 2.75) is 13.8 Å². The summed E-state index contributed by atoms with van der Waals surface area (Å²) in [4.78, 5) is 28.6. The molecule has 2 aromatic carbocycles. The van der Waals surface area contributed by atoms with Crippen molar-refractivity contribution in [2.75, 3.05) is 36.4 Å². The number of nitrogens with zero attached hydrogens (tertiary/aromatic N) is 2. The standard InChI is InChI=1S/C21H22Cl3N3O2/c1-13(2)21(29)27-9-7-26(8-10-27)19-6-4-15(12-18(19)24)25-20(28)16-5-3-14(22)11-17(16)23/h3-6,11-13H,7-10H2,1-2H3,(H,25,28).